The number of aliphatic hydroxyl groups is 1. The highest BCUT2D eigenvalue weighted by Gasteiger charge is 2.61. The van der Waals surface area contributed by atoms with Crippen LogP contribution in [0.25, 0.3) is 11.3 Å². The van der Waals surface area contributed by atoms with E-state index in [0.29, 0.717) is 37.1 Å². The van der Waals surface area contributed by atoms with Crippen molar-refractivity contribution in [3.05, 3.63) is 34.5 Å². The number of likely N-dealkylation sites (N-methyl/N-ethyl adjacent to an activating group) is 1. The quantitative estimate of drug-likeness (QED) is 0.0971. The van der Waals surface area contributed by atoms with Crippen LogP contribution < -0.4 is 0 Å². The molecule has 13 atom stereocenters. The first-order valence-electron chi connectivity index (χ1n) is 21.5. The molecule has 63 heavy (non-hydrogen) atoms. The van der Waals surface area contributed by atoms with Crippen molar-refractivity contribution < 1.29 is 62.4 Å². The van der Waals surface area contributed by atoms with E-state index >= 15 is 4.39 Å². The third kappa shape index (κ3) is 10.0. The molecule has 0 radical (unpaired) electrons. The smallest absolute Gasteiger partial charge is 0.410 e. The summed E-state index contributed by atoms with van der Waals surface area (Å²) in [7, 11) is 4.98. The number of halogens is 1. The number of esters is 1. The Morgan fingerprint density at radius 2 is 1.71 bits per heavy atom. The number of hydrogen-bond donors (Lipinski definition) is 2. The Morgan fingerprint density at radius 1 is 1.05 bits per heavy atom. The molecule has 1 aromatic heterocycles. The van der Waals surface area contributed by atoms with E-state index in [1.807, 2.05) is 11.8 Å². The van der Waals surface area contributed by atoms with E-state index < -0.39 is 88.0 Å². The van der Waals surface area contributed by atoms with Crippen molar-refractivity contribution in [1.82, 2.24) is 24.8 Å². The second-order valence-corrected chi connectivity index (χ2v) is 18.2. The average molecular weight is 891 g/mol. The molecule has 0 aliphatic carbocycles. The van der Waals surface area contributed by atoms with Gasteiger partial charge in [0, 0.05) is 55.6 Å². The number of carbonyl (C=O) groups excluding carboxylic acids is 4. The first-order chi connectivity index (χ1) is 29.4. The molecule has 0 spiro atoms. The number of aryl methyl sites for hydroxylation is 1. The number of carbonyl (C=O) groups is 4. The van der Waals surface area contributed by atoms with E-state index in [0.717, 1.165) is 13.0 Å². The van der Waals surface area contributed by atoms with E-state index in [1.54, 1.807) is 54.9 Å². The maximum Gasteiger partial charge on any atom is 0.410 e. The number of alkyl halides is 1. The molecule has 5 rings (SSSR count). The molecular formula is C43H63FN6O13. The topological polar surface area (TPSA) is 235 Å². The summed E-state index contributed by atoms with van der Waals surface area (Å²) in [5.74, 6) is -6.42. The molecule has 1 aromatic carbocycles. The fourth-order valence-electron chi connectivity index (χ4n) is 9.66. The predicted octanol–water partition coefficient (Wildman–Crippen LogP) is 4.64. The third-order valence-electron chi connectivity index (χ3n) is 13.2. The molecular weight excluding hydrogens is 827 g/mol. The maximum absolute atomic E-state index is 16.9. The van der Waals surface area contributed by atoms with Crippen LogP contribution in [-0.2, 0) is 44.6 Å². The highest BCUT2D eigenvalue weighted by atomic mass is 19.1. The van der Waals surface area contributed by atoms with Crippen LogP contribution in [0.15, 0.2) is 24.4 Å². The molecule has 20 heteroatoms. The number of hydrogen-bond acceptors (Lipinski definition) is 16. The number of nitro benzene ring substituents is 1. The first kappa shape index (κ1) is 49.4. The molecule has 1 amide bonds. The molecule has 19 nitrogen and oxygen atoms in total. The van der Waals surface area contributed by atoms with Gasteiger partial charge in [-0.15, -0.1) is 5.10 Å². The number of rotatable bonds is 12. The van der Waals surface area contributed by atoms with E-state index in [2.05, 4.69) is 10.3 Å². The number of non-ortho nitro benzene ring substituents is 1. The molecule has 0 unspecified atom stereocenters. The highest BCUT2D eigenvalue weighted by Crippen LogP contribution is 2.44. The lowest BCUT2D eigenvalue weighted by Gasteiger charge is -2.47. The standard InChI is InChI=1S/C43H63FN6O13/c1-12-32-43(8)35(49(40(56)63-43)16-14-13-15-48-22-30(45-46-48)27-18-28(50(57)58)20-29(51)19-27)25(4)33(52)23(2)21-41(6,59-11)37(26(5)36(54)42(7,44)39(55)61-32)62-38-34(53)31(47(9)10)17-24(3)60-38/h18-20,22-26,31-32,34-35,37-38,51,53H,12-17,21H2,1-11H3/t23-,24-,25+,26+,31+,32-,34-,35-,37-,38+,41-,42+,43-/m1/s1. The molecule has 350 valence electrons. The van der Waals surface area contributed by atoms with Gasteiger partial charge in [0.2, 0.25) is 0 Å². The zero-order valence-electron chi connectivity index (χ0n) is 38.0. The Labute approximate surface area is 366 Å². The Morgan fingerprint density at radius 3 is 2.33 bits per heavy atom. The zero-order valence-corrected chi connectivity index (χ0v) is 38.0. The van der Waals surface area contributed by atoms with Crippen molar-refractivity contribution in [2.75, 3.05) is 27.7 Å². The van der Waals surface area contributed by atoms with Crippen LogP contribution in [0.3, 0.4) is 0 Å². The van der Waals surface area contributed by atoms with Gasteiger partial charge in [-0.1, -0.05) is 32.9 Å². The molecule has 2 aromatic rings. The Bertz CT molecular complexity index is 2020. The molecule has 2 N–H and O–H groups in total. The Hall–Kier alpha value is -4.63. The van der Waals surface area contributed by atoms with Crippen LogP contribution in [0.2, 0.25) is 0 Å². The van der Waals surface area contributed by atoms with Crippen LogP contribution in [0.4, 0.5) is 14.9 Å². The monoisotopic (exact) mass is 890 g/mol. The van der Waals surface area contributed by atoms with Crippen LogP contribution in [0.5, 0.6) is 5.75 Å². The summed E-state index contributed by atoms with van der Waals surface area (Å²) in [5.41, 5.74) is -6.11. The molecule has 3 saturated heterocycles. The minimum Gasteiger partial charge on any atom is -0.508 e. The molecule has 3 aliphatic heterocycles. The van der Waals surface area contributed by atoms with Gasteiger partial charge in [-0.3, -0.25) is 24.4 Å². The molecule has 3 aliphatic rings. The van der Waals surface area contributed by atoms with Crippen molar-refractivity contribution in [3.63, 3.8) is 0 Å². The summed E-state index contributed by atoms with van der Waals surface area (Å²) < 4.78 is 48.9. The summed E-state index contributed by atoms with van der Waals surface area (Å²) in [6.45, 7) is 12.6. The number of phenols is 1. The average Bonchev–Trinajstić information content (AvgIpc) is 3.80. The van der Waals surface area contributed by atoms with E-state index in [9.17, 15) is 39.5 Å². The Kier molecular flexibility index (Phi) is 15.1. The minimum absolute atomic E-state index is 0.0305. The van der Waals surface area contributed by atoms with Crippen LogP contribution in [0, 0.1) is 27.9 Å². The third-order valence-corrected chi connectivity index (χ3v) is 13.2. The van der Waals surface area contributed by atoms with Crippen molar-refractivity contribution in [2.45, 2.75) is 154 Å². The lowest BCUT2D eigenvalue weighted by atomic mass is 9.73. The van der Waals surface area contributed by atoms with Crippen molar-refractivity contribution >= 4 is 29.3 Å². The van der Waals surface area contributed by atoms with E-state index in [1.165, 1.54) is 35.7 Å². The van der Waals surface area contributed by atoms with Gasteiger partial charge in [-0.2, -0.15) is 0 Å². The number of nitrogens with zero attached hydrogens (tertiary/aromatic N) is 6. The van der Waals surface area contributed by atoms with Crippen LogP contribution in [0.1, 0.15) is 87.5 Å². The van der Waals surface area contributed by atoms with E-state index in [-0.39, 0.29) is 48.8 Å². The number of aliphatic hydroxyl groups excluding tert-OH is 1. The maximum atomic E-state index is 16.9. The molecule has 4 heterocycles. The fraction of sp³-hybridized carbons (Fsp3) is 0.721. The largest absolute Gasteiger partial charge is 0.508 e. The SMILES string of the molecule is CC[C@H]1OC(=O)[C@@](C)(F)C(=O)[C@H](C)[C@@H](O[C@@H]2O[C@H](C)C[C@H](N(C)C)[C@H]2O)[C@](C)(OC)C[C@@H](C)C(=O)[C@H](C)[C@H]2N(CCCCn3cc(-c4cc(O)cc([N+](=O)[O-])c4)nn3)C(=O)O[C@]12C. The summed E-state index contributed by atoms with van der Waals surface area (Å²) in [6.07, 6.45) is -3.41. The summed E-state index contributed by atoms with van der Waals surface area (Å²) >= 11 is 0. The fourth-order valence-corrected chi connectivity index (χ4v) is 9.66. The number of Topliss-reactive ketones (excluding diaryl/α,β-unsaturated/α-hetero) is 2. The molecule has 0 saturated carbocycles. The predicted molar refractivity (Wildman–Crippen MR) is 223 cm³/mol. The normalized spacial score (nSPS) is 35.9. The summed E-state index contributed by atoms with van der Waals surface area (Å²) in [4.78, 5) is 70.7. The van der Waals surface area contributed by atoms with Crippen molar-refractivity contribution in [2.24, 2.45) is 17.8 Å². The number of fused-ring (bicyclic) bond motifs is 1. The number of amides is 1. The van der Waals surface area contributed by atoms with Gasteiger partial charge in [-0.05, 0) is 80.0 Å². The van der Waals surface area contributed by atoms with Gasteiger partial charge in [0.1, 0.15) is 29.4 Å². The second kappa shape index (κ2) is 19.2. The molecule has 0 bridgehead atoms. The number of ketones is 2. The number of benzene rings is 1. The number of aromatic hydroxyl groups is 1. The van der Waals surface area contributed by atoms with Gasteiger partial charge < -0.3 is 43.7 Å². The molecule has 3 fully saturated rings. The number of unbranched alkanes of at least 4 members (excludes halogenated alkanes) is 1. The van der Waals surface area contributed by atoms with Gasteiger partial charge in [0.05, 0.1) is 41.0 Å². The first-order valence-corrected chi connectivity index (χ1v) is 21.5. The number of nitro groups is 1. The van der Waals surface area contributed by atoms with E-state index in [4.69, 9.17) is 23.7 Å². The number of phenolic OH excluding ortho intramolecular Hbond substituents is 1. The number of cyclic esters (lactones) is 1. The highest BCUT2D eigenvalue weighted by molar-refractivity contribution is 6.08. The summed E-state index contributed by atoms with van der Waals surface area (Å²) in [6, 6.07) is 2.22. The summed E-state index contributed by atoms with van der Waals surface area (Å²) in [5, 5.41) is 40.9. The van der Waals surface area contributed by atoms with Gasteiger partial charge in [0.15, 0.2) is 17.7 Å². The Balaban J connectivity index is 1.44. The van der Waals surface area contributed by atoms with Gasteiger partial charge >= 0.3 is 12.1 Å². The number of aromatic nitrogens is 3. The lowest BCUT2D eigenvalue weighted by Crippen LogP contribution is -2.61. The zero-order chi connectivity index (χ0) is 46.9. The van der Waals surface area contributed by atoms with Gasteiger partial charge in [0.25, 0.3) is 11.4 Å². The van der Waals surface area contributed by atoms with Crippen LogP contribution in [-0.4, -0.2) is 151 Å². The van der Waals surface area contributed by atoms with Gasteiger partial charge in [-0.25, -0.2) is 14.0 Å². The van der Waals surface area contributed by atoms with Crippen LogP contribution >= 0.6 is 0 Å². The number of methoxy groups -OCH3 is 1. The minimum atomic E-state index is -3.23. The number of ether oxygens (including phenoxy) is 5. The second-order valence-electron chi connectivity index (χ2n) is 18.2. The van der Waals surface area contributed by atoms with Crippen molar-refractivity contribution in [1.29, 1.82) is 0 Å². The van der Waals surface area contributed by atoms with Crippen molar-refractivity contribution in [3.8, 4) is 17.0 Å². The lowest BCUT2D eigenvalue weighted by molar-refractivity contribution is -0.384.